The van der Waals surface area contributed by atoms with Crippen LogP contribution in [0.15, 0.2) is 30.3 Å². The molecule has 0 saturated carbocycles. The number of hydrogen-bond acceptors (Lipinski definition) is 3. The molecule has 0 bridgehead atoms. The Hall–Kier alpha value is -2.36. The number of nitrogens with zero attached hydrogens (tertiary/aromatic N) is 1. The molecule has 0 aliphatic heterocycles. The Morgan fingerprint density at radius 1 is 1.35 bits per heavy atom. The predicted molar refractivity (Wildman–Crippen MR) is 77.2 cm³/mol. The fraction of sp³-hybridized carbons (Fsp3) is 0.250. The quantitative estimate of drug-likeness (QED) is 0.870. The van der Waals surface area contributed by atoms with Gasteiger partial charge in [0.1, 0.15) is 5.69 Å². The molecule has 0 fully saturated rings. The van der Waals surface area contributed by atoms with Crippen LogP contribution in [0.2, 0.25) is 0 Å². The van der Waals surface area contributed by atoms with Gasteiger partial charge in [-0.15, -0.1) is 0 Å². The molecule has 1 aromatic carbocycles. The average Bonchev–Trinajstić information content (AvgIpc) is 3.03. The van der Waals surface area contributed by atoms with E-state index in [0.29, 0.717) is 12.3 Å². The lowest BCUT2D eigenvalue weighted by Crippen LogP contribution is -2.07. The SMILES string of the molecule is CCOC(=O)c1[nH]nc2c1CCC2=Cc1ccccc1. The average molecular weight is 268 g/mol. The van der Waals surface area contributed by atoms with Crippen molar-refractivity contribution in [2.45, 2.75) is 19.8 Å². The van der Waals surface area contributed by atoms with Crippen LogP contribution in [0.5, 0.6) is 0 Å². The topological polar surface area (TPSA) is 55.0 Å². The first-order valence-corrected chi connectivity index (χ1v) is 6.80. The Morgan fingerprint density at radius 2 is 2.15 bits per heavy atom. The summed E-state index contributed by atoms with van der Waals surface area (Å²) >= 11 is 0. The van der Waals surface area contributed by atoms with Crippen LogP contribution in [0.1, 0.15) is 40.7 Å². The molecule has 1 aliphatic carbocycles. The minimum Gasteiger partial charge on any atom is -0.461 e. The molecule has 0 radical (unpaired) electrons. The second kappa shape index (κ2) is 5.33. The number of fused-ring (bicyclic) bond motifs is 1. The zero-order valence-corrected chi connectivity index (χ0v) is 11.3. The molecule has 2 aromatic rings. The van der Waals surface area contributed by atoms with Crippen molar-refractivity contribution in [3.8, 4) is 0 Å². The largest absolute Gasteiger partial charge is 0.461 e. The molecule has 1 aromatic heterocycles. The second-order valence-electron chi connectivity index (χ2n) is 4.73. The van der Waals surface area contributed by atoms with E-state index in [1.165, 1.54) is 0 Å². The summed E-state index contributed by atoms with van der Waals surface area (Å²) in [6.07, 6.45) is 3.87. The molecule has 0 spiro atoms. The maximum absolute atomic E-state index is 11.8. The van der Waals surface area contributed by atoms with Crippen LogP contribution in [0, 0.1) is 0 Å². The summed E-state index contributed by atoms with van der Waals surface area (Å²) in [5.74, 6) is -0.317. The van der Waals surface area contributed by atoms with Crippen LogP contribution in [-0.2, 0) is 11.2 Å². The number of allylic oxidation sites excluding steroid dienone is 1. The summed E-state index contributed by atoms with van der Waals surface area (Å²) in [5.41, 5.74) is 4.69. The van der Waals surface area contributed by atoms with Gasteiger partial charge in [0.2, 0.25) is 0 Å². The van der Waals surface area contributed by atoms with Crippen molar-refractivity contribution in [2.24, 2.45) is 0 Å². The predicted octanol–water partition coefficient (Wildman–Crippen LogP) is 3.07. The zero-order valence-electron chi connectivity index (χ0n) is 11.3. The van der Waals surface area contributed by atoms with Crippen molar-refractivity contribution in [1.82, 2.24) is 10.2 Å². The third kappa shape index (κ3) is 2.25. The van der Waals surface area contributed by atoms with E-state index in [1.807, 2.05) is 18.2 Å². The molecule has 1 aliphatic rings. The number of hydrogen-bond donors (Lipinski definition) is 1. The maximum Gasteiger partial charge on any atom is 0.356 e. The Labute approximate surface area is 117 Å². The minimum atomic E-state index is -0.317. The highest BCUT2D eigenvalue weighted by molar-refractivity contribution is 5.93. The molecule has 3 rings (SSSR count). The van der Waals surface area contributed by atoms with Gasteiger partial charge in [-0.25, -0.2) is 4.79 Å². The molecule has 102 valence electrons. The molecule has 0 unspecified atom stereocenters. The molecule has 0 amide bonds. The van der Waals surface area contributed by atoms with Crippen molar-refractivity contribution in [1.29, 1.82) is 0 Å². The molecule has 0 atom stereocenters. The Bertz CT molecular complexity index is 656. The summed E-state index contributed by atoms with van der Waals surface area (Å²) in [6.45, 7) is 2.18. The van der Waals surface area contributed by atoms with E-state index in [9.17, 15) is 4.79 Å². The van der Waals surface area contributed by atoms with Crippen LogP contribution in [0.4, 0.5) is 0 Å². The van der Waals surface area contributed by atoms with Gasteiger partial charge in [0.15, 0.2) is 0 Å². The summed E-state index contributed by atoms with van der Waals surface area (Å²) < 4.78 is 5.04. The van der Waals surface area contributed by atoms with E-state index in [-0.39, 0.29) is 5.97 Å². The smallest absolute Gasteiger partial charge is 0.356 e. The van der Waals surface area contributed by atoms with Crippen molar-refractivity contribution in [3.63, 3.8) is 0 Å². The number of carbonyl (C=O) groups excluding carboxylic acids is 1. The summed E-state index contributed by atoms with van der Waals surface area (Å²) in [4.78, 5) is 11.8. The fourth-order valence-corrected chi connectivity index (χ4v) is 2.52. The highest BCUT2D eigenvalue weighted by Crippen LogP contribution is 2.34. The Morgan fingerprint density at radius 3 is 2.90 bits per heavy atom. The lowest BCUT2D eigenvalue weighted by atomic mass is 10.1. The van der Waals surface area contributed by atoms with Gasteiger partial charge in [-0.1, -0.05) is 30.3 Å². The molecular formula is C16H16N2O2. The molecule has 0 saturated heterocycles. The summed E-state index contributed by atoms with van der Waals surface area (Å²) in [5, 5.41) is 7.09. The van der Waals surface area contributed by atoms with Crippen molar-refractivity contribution >= 4 is 17.6 Å². The van der Waals surface area contributed by atoms with Gasteiger partial charge in [-0.2, -0.15) is 5.10 Å². The van der Waals surface area contributed by atoms with Crippen LogP contribution in [0.25, 0.3) is 11.6 Å². The number of esters is 1. The lowest BCUT2D eigenvalue weighted by Gasteiger charge is -1.99. The molecule has 4 heteroatoms. The minimum absolute atomic E-state index is 0.317. The van der Waals surface area contributed by atoms with Gasteiger partial charge in [0.25, 0.3) is 0 Å². The number of aromatic amines is 1. The monoisotopic (exact) mass is 268 g/mol. The number of aromatic nitrogens is 2. The molecule has 4 nitrogen and oxygen atoms in total. The van der Waals surface area contributed by atoms with E-state index in [2.05, 4.69) is 28.4 Å². The number of rotatable bonds is 3. The first kappa shape index (κ1) is 12.7. The highest BCUT2D eigenvalue weighted by Gasteiger charge is 2.26. The van der Waals surface area contributed by atoms with E-state index in [4.69, 9.17) is 4.74 Å². The van der Waals surface area contributed by atoms with E-state index >= 15 is 0 Å². The Balaban J connectivity index is 1.92. The van der Waals surface area contributed by atoms with Gasteiger partial charge in [0.05, 0.1) is 12.3 Å². The first-order chi connectivity index (χ1) is 9.79. The Kier molecular flexibility index (Phi) is 3.37. The van der Waals surface area contributed by atoms with Crippen LogP contribution in [-0.4, -0.2) is 22.8 Å². The third-order valence-electron chi connectivity index (χ3n) is 3.44. The van der Waals surface area contributed by atoms with E-state index < -0.39 is 0 Å². The maximum atomic E-state index is 11.8. The molecule has 1 N–H and O–H groups in total. The van der Waals surface area contributed by atoms with Crippen LogP contribution < -0.4 is 0 Å². The third-order valence-corrected chi connectivity index (χ3v) is 3.44. The zero-order chi connectivity index (χ0) is 13.9. The van der Waals surface area contributed by atoms with Crippen molar-refractivity contribution in [3.05, 3.63) is 52.8 Å². The van der Waals surface area contributed by atoms with Crippen LogP contribution in [0.3, 0.4) is 0 Å². The number of benzene rings is 1. The number of nitrogens with one attached hydrogen (secondary N) is 1. The normalized spacial score (nSPS) is 15.3. The van der Waals surface area contributed by atoms with Gasteiger partial charge in [-0.05, 0) is 37.0 Å². The number of H-pyrrole nitrogens is 1. The summed E-state index contributed by atoms with van der Waals surface area (Å²) in [6, 6.07) is 10.1. The number of carbonyl (C=O) groups is 1. The van der Waals surface area contributed by atoms with Crippen molar-refractivity contribution < 1.29 is 9.53 Å². The molecule has 1 heterocycles. The molecular weight excluding hydrogens is 252 g/mol. The number of ether oxygens (including phenoxy) is 1. The van der Waals surface area contributed by atoms with Crippen molar-refractivity contribution in [2.75, 3.05) is 6.61 Å². The van der Waals surface area contributed by atoms with Gasteiger partial charge >= 0.3 is 5.97 Å². The standard InChI is InChI=1S/C16H16N2O2/c1-2-20-16(19)15-13-9-8-12(14(13)17-18-15)10-11-6-4-3-5-7-11/h3-7,10H,2,8-9H2,1H3,(H,17,18). The lowest BCUT2D eigenvalue weighted by molar-refractivity contribution is 0.0518. The van der Waals surface area contributed by atoms with E-state index in [1.54, 1.807) is 6.92 Å². The van der Waals surface area contributed by atoms with Gasteiger partial charge in [-0.3, -0.25) is 5.10 Å². The van der Waals surface area contributed by atoms with Crippen LogP contribution >= 0.6 is 0 Å². The van der Waals surface area contributed by atoms with Gasteiger partial charge < -0.3 is 4.74 Å². The van der Waals surface area contributed by atoms with E-state index in [0.717, 1.165) is 35.2 Å². The fourth-order valence-electron chi connectivity index (χ4n) is 2.52. The second-order valence-corrected chi connectivity index (χ2v) is 4.73. The highest BCUT2D eigenvalue weighted by atomic mass is 16.5. The van der Waals surface area contributed by atoms with Gasteiger partial charge in [0, 0.05) is 5.56 Å². The summed E-state index contributed by atoms with van der Waals surface area (Å²) in [7, 11) is 0. The molecule has 20 heavy (non-hydrogen) atoms. The first-order valence-electron chi connectivity index (χ1n) is 6.80.